The van der Waals surface area contributed by atoms with Gasteiger partial charge in [-0.25, -0.2) is 0 Å². The maximum absolute atomic E-state index is 11.3. The summed E-state index contributed by atoms with van der Waals surface area (Å²) in [4.78, 5) is 15.5. The van der Waals surface area contributed by atoms with Crippen LogP contribution in [0.1, 0.15) is 22.3 Å². The number of aliphatic carboxylic acids is 1. The highest BCUT2D eigenvalue weighted by Crippen LogP contribution is 2.37. The molecule has 9 nitrogen and oxygen atoms in total. The van der Waals surface area contributed by atoms with Crippen LogP contribution in [-0.4, -0.2) is 47.5 Å². The van der Waals surface area contributed by atoms with Gasteiger partial charge in [0.2, 0.25) is 0 Å². The van der Waals surface area contributed by atoms with Crippen LogP contribution < -0.4 is 24.3 Å². The molecule has 0 bridgehead atoms. The Kier molecular flexibility index (Phi) is 10.6. The Labute approximate surface area is 268 Å². The number of carboxylic acid groups (broad SMARTS) is 1. The number of nitrogens with one attached hydrogen (secondary N) is 1. The van der Waals surface area contributed by atoms with E-state index in [1.807, 2.05) is 36.4 Å². The molecular formula is C33H32BrClN2O7. The molecule has 44 heavy (non-hydrogen) atoms. The number of carbonyl (C=O) groups is 1. The first-order valence-electron chi connectivity index (χ1n) is 14.0. The van der Waals surface area contributed by atoms with E-state index < -0.39 is 18.5 Å². The predicted octanol–water partition coefficient (Wildman–Crippen LogP) is 6.18. The van der Waals surface area contributed by atoms with Crippen LogP contribution in [0, 0.1) is 12.8 Å². The number of hydrogen-bond donors (Lipinski definition) is 3. The zero-order valence-electron chi connectivity index (χ0n) is 24.0. The Balaban J connectivity index is 1.35. The van der Waals surface area contributed by atoms with Gasteiger partial charge < -0.3 is 34.5 Å². The van der Waals surface area contributed by atoms with Gasteiger partial charge in [0.1, 0.15) is 37.9 Å². The lowest BCUT2D eigenvalue weighted by Crippen LogP contribution is -2.30. The fourth-order valence-corrected chi connectivity index (χ4v) is 5.44. The van der Waals surface area contributed by atoms with Crippen LogP contribution in [0.4, 0.5) is 0 Å². The molecule has 0 amide bonds. The summed E-state index contributed by atoms with van der Waals surface area (Å²) in [5.41, 5.74) is 5.71. The van der Waals surface area contributed by atoms with E-state index in [1.165, 1.54) is 0 Å². The first kappa shape index (κ1) is 31.6. The van der Waals surface area contributed by atoms with E-state index in [1.54, 1.807) is 24.5 Å². The molecule has 0 radical (unpaired) electrons. The average molecular weight is 684 g/mol. The summed E-state index contributed by atoms with van der Waals surface area (Å²) >= 11 is 10.1. The fraction of sp³-hybridized carbons (Fsp3) is 0.273. The van der Waals surface area contributed by atoms with Gasteiger partial charge in [0.15, 0.2) is 11.5 Å². The van der Waals surface area contributed by atoms with Gasteiger partial charge >= 0.3 is 5.97 Å². The van der Waals surface area contributed by atoms with E-state index in [4.69, 9.17) is 30.5 Å². The summed E-state index contributed by atoms with van der Waals surface area (Å²) < 4.78 is 24.7. The number of aliphatic hydroxyl groups excluding tert-OH is 1. The smallest absolute Gasteiger partial charge is 0.310 e. The lowest BCUT2D eigenvalue weighted by Gasteiger charge is -2.20. The van der Waals surface area contributed by atoms with Crippen molar-refractivity contribution in [3.05, 3.63) is 98.7 Å². The van der Waals surface area contributed by atoms with Gasteiger partial charge in [0, 0.05) is 47.1 Å². The van der Waals surface area contributed by atoms with E-state index in [0.29, 0.717) is 35.3 Å². The molecule has 1 aliphatic rings. The zero-order chi connectivity index (χ0) is 31.1. The molecule has 2 heterocycles. The summed E-state index contributed by atoms with van der Waals surface area (Å²) in [6.45, 7) is 3.52. The van der Waals surface area contributed by atoms with Crippen LogP contribution in [0.2, 0.25) is 5.02 Å². The van der Waals surface area contributed by atoms with E-state index in [2.05, 4.69) is 39.2 Å². The maximum atomic E-state index is 11.3. The number of pyridine rings is 1. The molecule has 0 unspecified atom stereocenters. The number of halogens is 2. The minimum atomic E-state index is -1.08. The zero-order valence-corrected chi connectivity index (χ0v) is 26.4. The van der Waals surface area contributed by atoms with Crippen molar-refractivity contribution in [1.82, 2.24) is 10.3 Å². The highest BCUT2D eigenvalue weighted by atomic mass is 79.9. The van der Waals surface area contributed by atoms with Crippen LogP contribution in [-0.2, 0) is 24.6 Å². The summed E-state index contributed by atoms with van der Waals surface area (Å²) in [6, 6.07) is 17.4. The third-order valence-electron chi connectivity index (χ3n) is 7.23. The second kappa shape index (κ2) is 14.8. The highest BCUT2D eigenvalue weighted by Gasteiger charge is 2.18. The highest BCUT2D eigenvalue weighted by molar-refractivity contribution is 9.10. The first-order chi connectivity index (χ1) is 21.3. The molecule has 5 rings (SSSR count). The standard InChI is InChI=1S/C33H32BrClN2O7/c1-20-23(3-2-4-27(20)22-5-6-29-32(11-22)42-8-7-41-29)19-44-31-12-30(43-18-21-9-26(34)16-36-13-21)24(10-28(31)35)14-37-15-25(17-38)33(39)40/h2-6,9-13,16,25,37-38H,7-8,14-15,17-19H2,1H3,(H,39,40)/t25-/m0/s1. The number of benzene rings is 3. The second-order valence-corrected chi connectivity index (χ2v) is 11.6. The molecule has 1 atom stereocenters. The molecule has 1 aromatic heterocycles. The van der Waals surface area contributed by atoms with E-state index in [-0.39, 0.29) is 26.3 Å². The monoisotopic (exact) mass is 682 g/mol. The molecule has 3 N–H and O–H groups in total. The number of aromatic nitrogens is 1. The summed E-state index contributed by atoms with van der Waals surface area (Å²) in [6.07, 6.45) is 3.41. The first-order valence-corrected chi connectivity index (χ1v) is 15.2. The molecule has 0 spiro atoms. The van der Waals surface area contributed by atoms with Crippen LogP contribution in [0.25, 0.3) is 11.1 Å². The summed E-state index contributed by atoms with van der Waals surface area (Å²) in [5, 5.41) is 22.1. The number of aliphatic hydroxyl groups is 1. The second-order valence-electron chi connectivity index (χ2n) is 10.3. The number of carboxylic acids is 1. The quantitative estimate of drug-likeness (QED) is 0.152. The largest absolute Gasteiger partial charge is 0.488 e. The summed E-state index contributed by atoms with van der Waals surface area (Å²) in [7, 11) is 0. The van der Waals surface area contributed by atoms with Crippen molar-refractivity contribution in [2.45, 2.75) is 26.7 Å². The molecule has 230 valence electrons. The van der Waals surface area contributed by atoms with Crippen molar-refractivity contribution in [2.24, 2.45) is 5.92 Å². The van der Waals surface area contributed by atoms with Gasteiger partial charge in [0.25, 0.3) is 0 Å². The molecule has 4 aromatic rings. The van der Waals surface area contributed by atoms with Gasteiger partial charge in [-0.15, -0.1) is 0 Å². The SMILES string of the molecule is Cc1c(COc2cc(OCc3cncc(Br)c3)c(CNC[C@@H](CO)C(=O)O)cc2Cl)cccc1-c1ccc2c(c1)OCCO2. The molecule has 0 saturated heterocycles. The number of nitrogens with zero attached hydrogens (tertiary/aromatic N) is 1. The van der Waals surface area contributed by atoms with Crippen molar-refractivity contribution >= 4 is 33.5 Å². The Morgan fingerprint density at radius 1 is 1.02 bits per heavy atom. The third kappa shape index (κ3) is 7.81. The van der Waals surface area contributed by atoms with E-state index in [0.717, 1.165) is 43.8 Å². The normalized spacial score (nSPS) is 12.9. The van der Waals surface area contributed by atoms with Crippen LogP contribution >= 0.6 is 27.5 Å². The van der Waals surface area contributed by atoms with Crippen molar-refractivity contribution in [2.75, 3.05) is 26.4 Å². The fourth-order valence-electron chi connectivity index (χ4n) is 4.78. The lowest BCUT2D eigenvalue weighted by atomic mass is 9.96. The van der Waals surface area contributed by atoms with Gasteiger partial charge in [-0.1, -0.05) is 35.9 Å². The maximum Gasteiger partial charge on any atom is 0.310 e. The Bertz CT molecular complexity index is 1630. The topological polar surface area (TPSA) is 119 Å². The minimum Gasteiger partial charge on any atom is -0.488 e. The van der Waals surface area contributed by atoms with Crippen LogP contribution in [0.15, 0.2) is 71.5 Å². The van der Waals surface area contributed by atoms with Gasteiger partial charge in [-0.05, 0) is 69.4 Å². The average Bonchev–Trinajstić information content (AvgIpc) is 3.02. The number of rotatable bonds is 13. The molecule has 0 saturated carbocycles. The number of fused-ring (bicyclic) bond motifs is 1. The summed E-state index contributed by atoms with van der Waals surface area (Å²) in [5.74, 6) is 0.446. The van der Waals surface area contributed by atoms with Crippen LogP contribution in [0.3, 0.4) is 0 Å². The Morgan fingerprint density at radius 2 is 1.82 bits per heavy atom. The number of ether oxygens (including phenoxy) is 4. The lowest BCUT2D eigenvalue weighted by molar-refractivity contribution is -0.142. The van der Waals surface area contributed by atoms with Gasteiger partial charge in [-0.2, -0.15) is 0 Å². The van der Waals surface area contributed by atoms with Crippen LogP contribution in [0.5, 0.6) is 23.0 Å². The van der Waals surface area contributed by atoms with E-state index >= 15 is 0 Å². The predicted molar refractivity (Wildman–Crippen MR) is 170 cm³/mol. The van der Waals surface area contributed by atoms with Gasteiger partial charge in [-0.3, -0.25) is 9.78 Å². The van der Waals surface area contributed by atoms with Gasteiger partial charge in [0.05, 0.1) is 17.5 Å². The number of hydrogen-bond acceptors (Lipinski definition) is 8. The Hall–Kier alpha value is -3.83. The minimum absolute atomic E-state index is 0.0791. The molecular weight excluding hydrogens is 652 g/mol. The molecule has 1 aliphatic heterocycles. The van der Waals surface area contributed by atoms with Crippen molar-refractivity contribution < 1.29 is 34.0 Å². The molecule has 0 fully saturated rings. The van der Waals surface area contributed by atoms with Crippen molar-refractivity contribution in [3.63, 3.8) is 0 Å². The molecule has 3 aromatic carbocycles. The molecule has 0 aliphatic carbocycles. The van der Waals surface area contributed by atoms with Crippen molar-refractivity contribution in [1.29, 1.82) is 0 Å². The molecule has 11 heteroatoms. The third-order valence-corrected chi connectivity index (χ3v) is 7.96. The Morgan fingerprint density at radius 3 is 2.59 bits per heavy atom. The van der Waals surface area contributed by atoms with Crippen molar-refractivity contribution in [3.8, 4) is 34.1 Å². The van der Waals surface area contributed by atoms with E-state index in [9.17, 15) is 15.0 Å².